The molecule has 1 saturated heterocycles. The van der Waals surface area contributed by atoms with Crippen molar-refractivity contribution in [2.75, 3.05) is 33.8 Å². The highest BCUT2D eigenvalue weighted by Crippen LogP contribution is 2.45. The fourth-order valence-corrected chi connectivity index (χ4v) is 8.74. The molecule has 66 heavy (non-hydrogen) atoms. The number of hydrogen-bond acceptors (Lipinski definition) is 11. The van der Waals surface area contributed by atoms with Gasteiger partial charge in [-0.1, -0.05) is 67.1 Å². The van der Waals surface area contributed by atoms with Crippen molar-refractivity contribution in [2.45, 2.75) is 60.7 Å². The van der Waals surface area contributed by atoms with Gasteiger partial charge in [0.2, 0.25) is 29.5 Å². The second-order valence-electron chi connectivity index (χ2n) is 15.9. The second-order valence-corrected chi connectivity index (χ2v) is 17.6. The molecule has 1 aliphatic heterocycles. The molecule has 0 radical (unpaired) electrons. The van der Waals surface area contributed by atoms with E-state index in [0.29, 0.717) is 28.1 Å². The minimum Gasteiger partial charge on any atom is -0.497 e. The summed E-state index contributed by atoms with van der Waals surface area (Å²) < 4.78 is 40.7. The number of likely N-dealkylation sites (tertiary alicyclic amines) is 1. The van der Waals surface area contributed by atoms with E-state index in [1.165, 1.54) is 54.3 Å². The van der Waals surface area contributed by atoms with E-state index in [0.717, 1.165) is 11.6 Å². The van der Waals surface area contributed by atoms with Gasteiger partial charge in [-0.3, -0.25) is 28.8 Å². The summed E-state index contributed by atoms with van der Waals surface area (Å²) in [6.07, 6.45) is 6.71. The van der Waals surface area contributed by atoms with Crippen LogP contribution in [0.2, 0.25) is 0 Å². The third-order valence-corrected chi connectivity index (χ3v) is 12.7. The molecule has 0 spiro atoms. The molecule has 18 heteroatoms. The smallest absolute Gasteiger partial charge is 0.264 e. The largest absolute Gasteiger partial charge is 0.497 e. The summed E-state index contributed by atoms with van der Waals surface area (Å²) in [4.78, 5) is 88.7. The molecular formula is C48H51N7O10S. The molecule has 5 atom stereocenters. The average molecular weight is 918 g/mol. The van der Waals surface area contributed by atoms with Crippen molar-refractivity contribution in [3.8, 4) is 35.1 Å². The van der Waals surface area contributed by atoms with Crippen LogP contribution in [0.1, 0.15) is 32.1 Å². The van der Waals surface area contributed by atoms with Gasteiger partial charge in [0.1, 0.15) is 35.2 Å². The van der Waals surface area contributed by atoms with Crippen LogP contribution < -0.4 is 30.1 Å². The van der Waals surface area contributed by atoms with Crippen LogP contribution in [0.3, 0.4) is 0 Å². The number of sulfonamides is 1. The van der Waals surface area contributed by atoms with Crippen molar-refractivity contribution >= 4 is 56.4 Å². The lowest BCUT2D eigenvalue weighted by Gasteiger charge is -2.30. The molecule has 4 aromatic rings. The van der Waals surface area contributed by atoms with Crippen molar-refractivity contribution in [1.29, 1.82) is 0 Å². The molecule has 1 saturated carbocycles. The maximum Gasteiger partial charge on any atom is 0.264 e. The molecule has 2 fully saturated rings. The number of nitrogens with zero attached hydrogens (tertiary/aromatic N) is 3. The Morgan fingerprint density at radius 3 is 2.38 bits per heavy atom. The zero-order valence-corrected chi connectivity index (χ0v) is 37.3. The maximum absolute atomic E-state index is 14.8. The molecule has 0 bridgehead atoms. The Morgan fingerprint density at radius 1 is 1.02 bits per heavy atom. The van der Waals surface area contributed by atoms with Crippen molar-refractivity contribution in [1.82, 2.24) is 35.5 Å². The maximum atomic E-state index is 14.8. The summed E-state index contributed by atoms with van der Waals surface area (Å²) in [5.74, 6) is -1.48. The van der Waals surface area contributed by atoms with E-state index in [-0.39, 0.29) is 56.0 Å². The first kappa shape index (κ1) is 47.9. The summed E-state index contributed by atoms with van der Waals surface area (Å²) in [6.45, 7) is 6.71. The minimum atomic E-state index is -4.35. The highest BCUT2D eigenvalue weighted by atomic mass is 32.2. The summed E-state index contributed by atoms with van der Waals surface area (Å²) in [5, 5.41) is 8.53. The van der Waals surface area contributed by atoms with Gasteiger partial charge >= 0.3 is 0 Å². The first-order valence-electron chi connectivity index (χ1n) is 21.1. The fraction of sp³-hybridized carbons (Fsp3) is 0.312. The summed E-state index contributed by atoms with van der Waals surface area (Å²) in [5.41, 5.74) is 0.157. The number of fused-ring (bicyclic) bond motifs is 1. The number of terminal acetylenes is 1. The standard InChI is InChI=1S/C48H51N7O10S/c1-6-24-54(4)44(58)21-15-20-43(57)51-39(29-49-42(56)8-3)46(60)55-30-34(65-41-27-37(31-16-11-9-12-17-31)50-38-25-33(64-5)22-23-36(38)41)26-40(55)45(59)52-48(28-32(48)7-2)47(61)53-66(62,63)35-18-13-10-14-19-35/h1,7-14,16-19,22-23,25,27,32,34,39-40H,2-3,15,20-21,24,26,28-30H2,4-5H3,(H,49,56)(H,51,57)(H,52,59)(H,53,61)/t32-,34?,39+,40+,48-/m1/s1. The Labute approximate surface area is 383 Å². The summed E-state index contributed by atoms with van der Waals surface area (Å²) in [7, 11) is -1.28. The molecule has 3 aromatic carbocycles. The third kappa shape index (κ3) is 11.2. The van der Waals surface area contributed by atoms with E-state index in [4.69, 9.17) is 20.9 Å². The molecule has 1 aromatic heterocycles. The molecule has 344 valence electrons. The first-order chi connectivity index (χ1) is 31.6. The Bertz CT molecular complexity index is 2670. The van der Waals surface area contributed by atoms with Crippen molar-refractivity contribution in [3.63, 3.8) is 0 Å². The Morgan fingerprint density at radius 2 is 1.73 bits per heavy atom. The number of aromatic nitrogens is 1. The molecule has 2 heterocycles. The number of methoxy groups -OCH3 is 1. The molecular weight excluding hydrogens is 867 g/mol. The average Bonchev–Trinajstić information content (AvgIpc) is 3.88. The number of carbonyl (C=O) groups is 6. The molecule has 4 N–H and O–H groups in total. The van der Waals surface area contributed by atoms with Gasteiger partial charge < -0.3 is 35.2 Å². The Hall–Kier alpha value is -7.52. The van der Waals surface area contributed by atoms with Gasteiger partial charge in [0.05, 0.1) is 36.3 Å². The Balaban J connectivity index is 1.32. The molecule has 1 aliphatic carbocycles. The van der Waals surface area contributed by atoms with Gasteiger partial charge in [0, 0.05) is 61.9 Å². The van der Waals surface area contributed by atoms with Crippen LogP contribution >= 0.6 is 0 Å². The predicted octanol–water partition coefficient (Wildman–Crippen LogP) is 2.87. The van der Waals surface area contributed by atoms with Crippen LogP contribution in [0.15, 0.2) is 115 Å². The van der Waals surface area contributed by atoms with Crippen LogP contribution in [-0.4, -0.2) is 116 Å². The fourth-order valence-electron chi connectivity index (χ4n) is 7.68. The van der Waals surface area contributed by atoms with Crippen LogP contribution in [0.4, 0.5) is 0 Å². The van der Waals surface area contributed by atoms with E-state index in [2.05, 4.69) is 39.8 Å². The molecule has 1 unspecified atom stereocenters. The summed E-state index contributed by atoms with van der Waals surface area (Å²) in [6, 6.07) is 20.9. The monoisotopic (exact) mass is 917 g/mol. The molecule has 6 amide bonds. The lowest BCUT2D eigenvalue weighted by molar-refractivity contribution is -0.142. The van der Waals surface area contributed by atoms with E-state index >= 15 is 0 Å². The number of benzene rings is 3. The quantitative estimate of drug-likeness (QED) is 0.0574. The number of carbonyl (C=O) groups excluding carboxylic acids is 6. The number of nitrogens with one attached hydrogen (secondary N) is 4. The van der Waals surface area contributed by atoms with E-state index in [1.54, 1.807) is 30.3 Å². The summed E-state index contributed by atoms with van der Waals surface area (Å²) >= 11 is 0. The van der Waals surface area contributed by atoms with Crippen LogP contribution in [0, 0.1) is 18.3 Å². The van der Waals surface area contributed by atoms with Crippen LogP contribution in [-0.2, 0) is 38.8 Å². The lowest BCUT2D eigenvalue weighted by Crippen LogP contribution is -2.59. The zero-order valence-electron chi connectivity index (χ0n) is 36.5. The van der Waals surface area contributed by atoms with Crippen molar-refractivity contribution < 1.29 is 46.7 Å². The minimum absolute atomic E-state index is 0.000930. The first-order valence-corrected chi connectivity index (χ1v) is 22.6. The molecule has 17 nitrogen and oxygen atoms in total. The van der Waals surface area contributed by atoms with Crippen LogP contribution in [0.5, 0.6) is 11.5 Å². The van der Waals surface area contributed by atoms with E-state index in [9.17, 15) is 37.2 Å². The SMILES string of the molecule is C#CCN(C)C(=O)CCCC(=O)N[C@@H](CNC(=O)C=C)C(=O)N1CC(Oc2cc(-c3ccccc3)nc3cc(OC)ccc23)C[C@H]1C(=O)N[C@]1(C(=O)NS(=O)(=O)c2ccccc2)C[C@H]1C=C. The molecule has 2 aliphatic rings. The highest BCUT2D eigenvalue weighted by Gasteiger charge is 2.61. The normalized spacial score (nSPS) is 19.0. The topological polar surface area (TPSA) is 223 Å². The Kier molecular flexibility index (Phi) is 15.2. The number of rotatable bonds is 20. The third-order valence-electron chi connectivity index (χ3n) is 11.4. The van der Waals surface area contributed by atoms with E-state index in [1.807, 2.05) is 30.3 Å². The van der Waals surface area contributed by atoms with E-state index < -0.39 is 75.7 Å². The van der Waals surface area contributed by atoms with Gasteiger partial charge in [0.25, 0.3) is 15.9 Å². The van der Waals surface area contributed by atoms with Crippen LogP contribution in [0.25, 0.3) is 22.2 Å². The second kappa shape index (κ2) is 21.0. The number of ether oxygens (including phenoxy) is 2. The number of pyridine rings is 1. The van der Waals surface area contributed by atoms with Gasteiger partial charge in [-0.2, -0.15) is 0 Å². The van der Waals surface area contributed by atoms with Crippen molar-refractivity contribution in [3.05, 3.63) is 110 Å². The zero-order chi connectivity index (χ0) is 47.6. The highest BCUT2D eigenvalue weighted by molar-refractivity contribution is 7.90. The number of amides is 6. The van der Waals surface area contributed by atoms with Crippen molar-refractivity contribution in [2.24, 2.45) is 5.92 Å². The lowest BCUT2D eigenvalue weighted by atomic mass is 10.1. The van der Waals surface area contributed by atoms with Gasteiger partial charge in [-0.05, 0) is 43.2 Å². The molecule has 6 rings (SSSR count). The van der Waals surface area contributed by atoms with Gasteiger partial charge in [-0.25, -0.2) is 18.1 Å². The number of hydrogen-bond donors (Lipinski definition) is 4. The predicted molar refractivity (Wildman–Crippen MR) is 245 cm³/mol. The van der Waals surface area contributed by atoms with Gasteiger partial charge in [-0.15, -0.1) is 13.0 Å². The van der Waals surface area contributed by atoms with Gasteiger partial charge in [0.15, 0.2) is 0 Å².